The highest BCUT2D eigenvalue weighted by Crippen LogP contribution is 2.44. The molecule has 1 N–H and O–H groups in total. The average molecular weight is 157 g/mol. The molecule has 66 valence electrons. The van der Waals surface area contributed by atoms with Gasteiger partial charge in [0, 0.05) is 19.7 Å². The normalized spacial score (nSPS) is 23.2. The van der Waals surface area contributed by atoms with E-state index in [4.69, 9.17) is 4.74 Å². The van der Waals surface area contributed by atoms with Crippen molar-refractivity contribution in [1.82, 2.24) is 5.32 Å². The van der Waals surface area contributed by atoms with Crippen LogP contribution in [0, 0.1) is 5.41 Å². The number of hydrogen-bond acceptors (Lipinski definition) is 2. The quantitative estimate of drug-likeness (QED) is 0.651. The summed E-state index contributed by atoms with van der Waals surface area (Å²) in [5, 5.41) is 3.46. The molecule has 11 heavy (non-hydrogen) atoms. The molecule has 0 saturated heterocycles. The van der Waals surface area contributed by atoms with Gasteiger partial charge in [-0.15, -0.1) is 0 Å². The van der Waals surface area contributed by atoms with Gasteiger partial charge in [0.2, 0.25) is 0 Å². The minimum atomic E-state index is 0.498. The summed E-state index contributed by atoms with van der Waals surface area (Å²) in [7, 11) is 1.75. The van der Waals surface area contributed by atoms with Crippen molar-refractivity contribution < 1.29 is 4.74 Å². The van der Waals surface area contributed by atoms with Gasteiger partial charge in [-0.3, -0.25) is 0 Å². The third-order valence-corrected chi connectivity index (χ3v) is 2.40. The summed E-state index contributed by atoms with van der Waals surface area (Å²) < 4.78 is 5.03. The summed E-state index contributed by atoms with van der Waals surface area (Å²) in [5.74, 6) is 0. The van der Waals surface area contributed by atoms with Crippen LogP contribution in [-0.2, 0) is 4.74 Å². The van der Waals surface area contributed by atoms with Crippen molar-refractivity contribution in [3.05, 3.63) is 0 Å². The summed E-state index contributed by atoms with van der Waals surface area (Å²) in [5.41, 5.74) is 0.613. The van der Waals surface area contributed by atoms with Crippen LogP contribution in [0.2, 0.25) is 0 Å². The Morgan fingerprint density at radius 2 is 2.18 bits per heavy atom. The van der Waals surface area contributed by atoms with Gasteiger partial charge in [0.15, 0.2) is 0 Å². The molecule has 0 bridgehead atoms. The molecular formula is C9H19NO. The molecule has 2 heteroatoms. The van der Waals surface area contributed by atoms with E-state index in [1.807, 2.05) is 0 Å². The van der Waals surface area contributed by atoms with Gasteiger partial charge in [0.1, 0.15) is 0 Å². The number of nitrogens with one attached hydrogen (secondary N) is 1. The maximum Gasteiger partial charge on any atom is 0.0613 e. The maximum absolute atomic E-state index is 5.03. The molecule has 0 amide bonds. The first-order chi connectivity index (χ1) is 5.16. The van der Waals surface area contributed by atoms with Gasteiger partial charge in [0.05, 0.1) is 6.61 Å². The van der Waals surface area contributed by atoms with Crippen molar-refractivity contribution in [2.75, 3.05) is 20.3 Å². The minimum Gasteiger partial charge on any atom is -0.383 e. The van der Waals surface area contributed by atoms with E-state index in [1.165, 1.54) is 12.8 Å². The van der Waals surface area contributed by atoms with E-state index < -0.39 is 0 Å². The molecule has 0 heterocycles. The molecule has 1 fully saturated rings. The highest BCUT2D eigenvalue weighted by Gasteiger charge is 2.36. The third-order valence-electron chi connectivity index (χ3n) is 2.40. The Morgan fingerprint density at radius 3 is 2.64 bits per heavy atom. The zero-order chi connectivity index (χ0) is 8.32. The maximum atomic E-state index is 5.03. The van der Waals surface area contributed by atoms with Crippen LogP contribution in [-0.4, -0.2) is 26.3 Å². The molecule has 0 radical (unpaired) electrons. The Kier molecular flexibility index (Phi) is 2.90. The summed E-state index contributed by atoms with van der Waals surface area (Å²) in [6, 6.07) is 0.498. The highest BCUT2D eigenvalue weighted by molar-refractivity contribution is 4.90. The van der Waals surface area contributed by atoms with E-state index in [-0.39, 0.29) is 0 Å². The van der Waals surface area contributed by atoms with E-state index >= 15 is 0 Å². The lowest BCUT2D eigenvalue weighted by atomic mass is 10.1. The van der Waals surface area contributed by atoms with Gasteiger partial charge in [0.25, 0.3) is 0 Å². The van der Waals surface area contributed by atoms with E-state index in [0.717, 1.165) is 13.2 Å². The Hall–Kier alpha value is -0.0800. The Bertz CT molecular complexity index is 121. The van der Waals surface area contributed by atoms with Crippen molar-refractivity contribution in [2.24, 2.45) is 5.41 Å². The van der Waals surface area contributed by atoms with Gasteiger partial charge < -0.3 is 10.1 Å². The first-order valence-electron chi connectivity index (χ1n) is 4.39. The molecular weight excluding hydrogens is 138 g/mol. The van der Waals surface area contributed by atoms with E-state index in [9.17, 15) is 0 Å². The summed E-state index contributed by atoms with van der Waals surface area (Å²) >= 11 is 0. The van der Waals surface area contributed by atoms with Crippen LogP contribution in [0.5, 0.6) is 0 Å². The van der Waals surface area contributed by atoms with Crippen LogP contribution in [0.25, 0.3) is 0 Å². The van der Waals surface area contributed by atoms with E-state index in [0.29, 0.717) is 11.5 Å². The molecule has 1 aliphatic rings. The molecule has 2 nitrogen and oxygen atoms in total. The zero-order valence-corrected chi connectivity index (χ0v) is 7.81. The van der Waals surface area contributed by atoms with Crippen LogP contribution in [0.15, 0.2) is 0 Å². The first kappa shape index (κ1) is 9.01. The second-order valence-electron chi connectivity index (χ2n) is 4.05. The highest BCUT2D eigenvalue weighted by atomic mass is 16.5. The number of ether oxygens (including phenoxy) is 1. The average Bonchev–Trinajstić information content (AvgIpc) is 2.66. The predicted octanol–water partition coefficient (Wildman–Crippen LogP) is 1.41. The minimum absolute atomic E-state index is 0.498. The monoisotopic (exact) mass is 157 g/mol. The Labute approximate surface area is 69.3 Å². The van der Waals surface area contributed by atoms with Gasteiger partial charge in [-0.25, -0.2) is 0 Å². The van der Waals surface area contributed by atoms with Crippen LogP contribution in [0.3, 0.4) is 0 Å². The van der Waals surface area contributed by atoms with Crippen LogP contribution in [0.4, 0.5) is 0 Å². The zero-order valence-electron chi connectivity index (χ0n) is 7.81. The molecule has 1 unspecified atom stereocenters. The number of rotatable bonds is 5. The van der Waals surface area contributed by atoms with Crippen molar-refractivity contribution in [3.63, 3.8) is 0 Å². The van der Waals surface area contributed by atoms with Gasteiger partial charge in [-0.1, -0.05) is 6.92 Å². The van der Waals surface area contributed by atoms with Crippen LogP contribution >= 0.6 is 0 Å². The first-order valence-corrected chi connectivity index (χ1v) is 4.39. The van der Waals surface area contributed by atoms with Crippen molar-refractivity contribution >= 4 is 0 Å². The molecule has 0 aromatic heterocycles. The SMILES string of the molecule is COCC(C)NCC1(C)CC1. The molecule has 0 aliphatic heterocycles. The molecule has 0 spiro atoms. The molecule has 1 rings (SSSR count). The number of methoxy groups -OCH3 is 1. The molecule has 0 aromatic carbocycles. The summed E-state index contributed by atoms with van der Waals surface area (Å²) in [4.78, 5) is 0. The standard InChI is InChI=1S/C9H19NO/c1-8(6-11-3)10-7-9(2)4-5-9/h8,10H,4-7H2,1-3H3. The predicted molar refractivity (Wildman–Crippen MR) is 46.7 cm³/mol. The van der Waals surface area contributed by atoms with E-state index in [2.05, 4.69) is 19.2 Å². The second kappa shape index (κ2) is 3.55. The fraction of sp³-hybridized carbons (Fsp3) is 1.00. The molecule has 1 atom stereocenters. The molecule has 1 aliphatic carbocycles. The number of hydrogen-bond donors (Lipinski definition) is 1. The van der Waals surface area contributed by atoms with Crippen molar-refractivity contribution in [3.8, 4) is 0 Å². The summed E-state index contributed by atoms with van der Waals surface area (Å²) in [6.07, 6.45) is 2.78. The van der Waals surface area contributed by atoms with Gasteiger partial charge in [-0.2, -0.15) is 0 Å². The van der Waals surface area contributed by atoms with Crippen LogP contribution in [0.1, 0.15) is 26.7 Å². The fourth-order valence-corrected chi connectivity index (χ4v) is 1.12. The lowest BCUT2D eigenvalue weighted by Gasteiger charge is -2.15. The van der Waals surface area contributed by atoms with Crippen LogP contribution < -0.4 is 5.32 Å². The topological polar surface area (TPSA) is 21.3 Å². The fourth-order valence-electron chi connectivity index (χ4n) is 1.12. The van der Waals surface area contributed by atoms with E-state index in [1.54, 1.807) is 7.11 Å². The van der Waals surface area contributed by atoms with Crippen molar-refractivity contribution in [1.29, 1.82) is 0 Å². The van der Waals surface area contributed by atoms with Crippen molar-refractivity contribution in [2.45, 2.75) is 32.7 Å². The largest absolute Gasteiger partial charge is 0.383 e. The Balaban J connectivity index is 2.01. The lowest BCUT2D eigenvalue weighted by molar-refractivity contribution is 0.169. The lowest BCUT2D eigenvalue weighted by Crippen LogP contribution is -2.34. The van der Waals surface area contributed by atoms with Gasteiger partial charge >= 0.3 is 0 Å². The van der Waals surface area contributed by atoms with Gasteiger partial charge in [-0.05, 0) is 25.2 Å². The summed E-state index contributed by atoms with van der Waals surface area (Å²) in [6.45, 7) is 6.46. The molecule has 0 aromatic rings. The molecule has 1 saturated carbocycles. The third kappa shape index (κ3) is 3.21. The smallest absolute Gasteiger partial charge is 0.0613 e. The Morgan fingerprint density at radius 1 is 1.55 bits per heavy atom. The second-order valence-corrected chi connectivity index (χ2v) is 4.05.